The fourth-order valence-corrected chi connectivity index (χ4v) is 3.27. The summed E-state index contributed by atoms with van der Waals surface area (Å²) < 4.78 is 2.28. The quantitative estimate of drug-likeness (QED) is 0.405. The SMILES string of the molecule is C=CC(C)=CC.C[C](C)(C)[Ti+2][C]1=CC=CC1.C[N-]C.C[N-]C. The minimum absolute atomic E-state index is 0.146. The Morgan fingerprint density at radius 3 is 1.82 bits per heavy atom. The fraction of sp³-hybridized carbons (Fsp3) is 0.579. The van der Waals surface area contributed by atoms with Gasteiger partial charge in [-0.15, -0.1) is 0 Å². The molecule has 0 aromatic heterocycles. The topological polar surface area (TPSA) is 28.2 Å². The van der Waals surface area contributed by atoms with Crippen LogP contribution in [0.3, 0.4) is 0 Å². The van der Waals surface area contributed by atoms with E-state index in [1.54, 1.807) is 32.1 Å². The molecule has 0 amide bonds. The summed E-state index contributed by atoms with van der Waals surface area (Å²) in [6, 6.07) is 0. The molecule has 0 heterocycles. The van der Waals surface area contributed by atoms with Crippen LogP contribution in [0.4, 0.5) is 0 Å². The Kier molecular flexibility index (Phi) is 22.4. The maximum absolute atomic E-state index is 3.56. The van der Waals surface area contributed by atoms with Crippen LogP contribution in [0.15, 0.2) is 46.4 Å². The molecule has 0 aliphatic heterocycles. The number of nitrogens with zero attached hydrogens (tertiary/aromatic N) is 2. The molecule has 2 nitrogen and oxygen atoms in total. The summed E-state index contributed by atoms with van der Waals surface area (Å²) in [5.41, 5.74) is 1.23. The van der Waals surface area contributed by atoms with Gasteiger partial charge in [0, 0.05) is 0 Å². The van der Waals surface area contributed by atoms with Crippen molar-refractivity contribution in [3.05, 3.63) is 57.0 Å². The molecule has 0 bridgehead atoms. The van der Waals surface area contributed by atoms with Gasteiger partial charge in [0.1, 0.15) is 0 Å². The summed E-state index contributed by atoms with van der Waals surface area (Å²) in [6.45, 7) is 14.6. The largest absolute Gasteiger partial charge is 0.668 e. The molecule has 1 aliphatic carbocycles. The third kappa shape index (κ3) is 27.9. The Balaban J connectivity index is -0.000000258. The summed E-state index contributed by atoms with van der Waals surface area (Å²) in [4.78, 5) is 0. The smallest absolute Gasteiger partial charge is 0.162 e. The molecular weight excluding hydrogens is 304 g/mol. The van der Waals surface area contributed by atoms with Gasteiger partial charge in [0.05, 0.1) is 0 Å². The number of hydrogen-bond donors (Lipinski definition) is 0. The molecule has 22 heavy (non-hydrogen) atoms. The van der Waals surface area contributed by atoms with E-state index in [-0.39, 0.29) is 19.2 Å². The standard InChI is InChI=1S/C6H10.C5H5.C4H9.2C2H6N.Ti/c1-4-6(3)5-2;1-2-4-5-3-1;1-4(2)3;2*1-3-2;/h4-5H,1H2,2-3H3;1-3H,4H2;1-3H3;2*1-2H3;/q;;;2*-1;+2. The first kappa shape index (κ1) is 26.5. The van der Waals surface area contributed by atoms with E-state index in [0.717, 1.165) is 0 Å². The Hall–Kier alpha value is -0.406. The van der Waals surface area contributed by atoms with Crippen LogP contribution in [-0.4, -0.2) is 28.2 Å². The maximum atomic E-state index is 3.56. The zero-order valence-electron chi connectivity index (χ0n) is 16.2. The van der Waals surface area contributed by atoms with Crippen LogP contribution in [0, 0.1) is 0 Å². The minimum atomic E-state index is 0.146. The van der Waals surface area contributed by atoms with Crippen LogP contribution in [0.2, 0.25) is 3.72 Å². The van der Waals surface area contributed by atoms with Gasteiger partial charge in [0.2, 0.25) is 0 Å². The molecular formula is C19H36N2Ti. The van der Waals surface area contributed by atoms with E-state index in [2.05, 4.69) is 56.2 Å². The van der Waals surface area contributed by atoms with Gasteiger partial charge in [-0.05, 0) is 13.8 Å². The van der Waals surface area contributed by atoms with Crippen molar-refractivity contribution in [2.75, 3.05) is 28.2 Å². The molecule has 0 saturated carbocycles. The van der Waals surface area contributed by atoms with Gasteiger partial charge in [-0.25, -0.2) is 0 Å². The molecule has 0 unspecified atom stereocenters. The maximum Gasteiger partial charge on any atom is -0.162 e. The number of allylic oxidation sites excluding steroid dienone is 7. The first-order chi connectivity index (χ1) is 10.2. The van der Waals surface area contributed by atoms with Crippen molar-refractivity contribution in [2.45, 2.75) is 44.8 Å². The van der Waals surface area contributed by atoms with Gasteiger partial charge >= 0.3 is 72.2 Å². The molecule has 126 valence electrons. The second kappa shape index (κ2) is 18.6. The summed E-state index contributed by atoms with van der Waals surface area (Å²) in [5, 5.41) is 7.00. The van der Waals surface area contributed by atoms with Gasteiger partial charge in [-0.1, -0.05) is 24.3 Å². The molecule has 1 rings (SSSR count). The monoisotopic (exact) mass is 340 g/mol. The predicted molar refractivity (Wildman–Crippen MR) is 102 cm³/mol. The van der Waals surface area contributed by atoms with Crippen molar-refractivity contribution >= 4 is 0 Å². The third-order valence-electron chi connectivity index (χ3n) is 2.08. The van der Waals surface area contributed by atoms with Crippen LogP contribution in [0.1, 0.15) is 41.0 Å². The van der Waals surface area contributed by atoms with Gasteiger partial charge in [-0.3, -0.25) is 0 Å². The molecule has 0 fully saturated rings. The number of rotatable bonds is 2. The van der Waals surface area contributed by atoms with Crippen molar-refractivity contribution in [3.8, 4) is 0 Å². The average molecular weight is 340 g/mol. The van der Waals surface area contributed by atoms with Crippen LogP contribution >= 0.6 is 0 Å². The summed E-state index contributed by atoms with van der Waals surface area (Å²) in [7, 11) is 7.00. The molecule has 1 aliphatic rings. The van der Waals surface area contributed by atoms with E-state index >= 15 is 0 Å². The van der Waals surface area contributed by atoms with E-state index in [4.69, 9.17) is 0 Å². The van der Waals surface area contributed by atoms with Crippen molar-refractivity contribution < 1.29 is 19.2 Å². The molecule has 0 radical (unpaired) electrons. The second-order valence-corrected chi connectivity index (χ2v) is 9.57. The van der Waals surface area contributed by atoms with Crippen LogP contribution < -0.4 is 0 Å². The normalized spacial score (nSPS) is 12.4. The van der Waals surface area contributed by atoms with Crippen molar-refractivity contribution in [2.24, 2.45) is 0 Å². The average Bonchev–Trinajstić information content (AvgIpc) is 2.91. The molecule has 0 aromatic rings. The zero-order valence-corrected chi connectivity index (χ0v) is 17.8. The molecule has 0 atom stereocenters. The molecule has 0 N–H and O–H groups in total. The molecule has 0 spiro atoms. The number of hydrogen-bond acceptors (Lipinski definition) is 0. The van der Waals surface area contributed by atoms with E-state index in [0.29, 0.717) is 3.72 Å². The van der Waals surface area contributed by atoms with Crippen molar-refractivity contribution in [3.63, 3.8) is 0 Å². The third-order valence-corrected chi connectivity index (χ3v) is 4.34. The van der Waals surface area contributed by atoms with Crippen LogP contribution in [0.25, 0.3) is 10.6 Å². The summed E-state index contributed by atoms with van der Waals surface area (Å²) in [5.74, 6) is 0. The minimum Gasteiger partial charge on any atom is -0.668 e. The first-order valence-electron chi connectivity index (χ1n) is 7.57. The van der Waals surface area contributed by atoms with Gasteiger partial charge < -0.3 is 10.6 Å². The van der Waals surface area contributed by atoms with E-state index in [1.165, 1.54) is 12.0 Å². The Labute approximate surface area is 149 Å². The van der Waals surface area contributed by atoms with Crippen molar-refractivity contribution in [1.29, 1.82) is 0 Å². The Morgan fingerprint density at radius 2 is 1.64 bits per heavy atom. The van der Waals surface area contributed by atoms with Crippen LogP contribution in [-0.2, 0) is 19.2 Å². The molecule has 3 heteroatoms. The Bertz CT molecular complexity index is 332. The second-order valence-electron chi connectivity index (χ2n) is 5.83. The van der Waals surface area contributed by atoms with Crippen molar-refractivity contribution in [1.82, 2.24) is 0 Å². The molecule has 0 aromatic carbocycles. The van der Waals surface area contributed by atoms with Gasteiger partial charge in [-0.2, -0.15) is 28.2 Å². The first-order valence-corrected chi connectivity index (χ1v) is 9.13. The summed E-state index contributed by atoms with van der Waals surface area (Å²) in [6.07, 6.45) is 11.8. The van der Waals surface area contributed by atoms with E-state index < -0.39 is 0 Å². The summed E-state index contributed by atoms with van der Waals surface area (Å²) >= 11 is 0.146. The fourth-order valence-electron chi connectivity index (χ4n) is 1.14. The molecule has 0 saturated heterocycles. The van der Waals surface area contributed by atoms with E-state index in [1.807, 2.05) is 26.0 Å². The van der Waals surface area contributed by atoms with Gasteiger partial charge in [0.15, 0.2) is 0 Å². The zero-order chi connectivity index (χ0) is 18.0. The Morgan fingerprint density at radius 1 is 1.18 bits per heavy atom. The van der Waals surface area contributed by atoms with Crippen LogP contribution in [0.5, 0.6) is 0 Å². The predicted octanol–water partition coefficient (Wildman–Crippen LogP) is 6.51. The van der Waals surface area contributed by atoms with E-state index in [9.17, 15) is 0 Å². The van der Waals surface area contributed by atoms with Gasteiger partial charge in [0.25, 0.3) is 0 Å².